The standard InChI is InChI=1S/C14H24/c1-12-7-8-14(11-12)10-9-13-5-3-2-4-6-13/h9-10,12-14H,2-8,11H2,1H3/b10-9+. The van der Waals surface area contributed by atoms with Crippen molar-refractivity contribution in [2.24, 2.45) is 17.8 Å². The molecule has 0 heterocycles. The molecule has 2 aliphatic rings. The maximum absolute atomic E-state index is 2.54. The van der Waals surface area contributed by atoms with Gasteiger partial charge in [-0.05, 0) is 43.4 Å². The van der Waals surface area contributed by atoms with Crippen molar-refractivity contribution in [3.8, 4) is 0 Å². The van der Waals surface area contributed by atoms with Crippen molar-refractivity contribution in [3.63, 3.8) is 0 Å². The second-order valence-corrected chi connectivity index (χ2v) is 5.46. The Morgan fingerprint density at radius 2 is 1.50 bits per heavy atom. The number of rotatable bonds is 2. The number of hydrogen-bond donors (Lipinski definition) is 0. The summed E-state index contributed by atoms with van der Waals surface area (Å²) in [5.74, 6) is 2.84. The first-order valence-electron chi connectivity index (χ1n) is 6.53. The minimum absolute atomic E-state index is 0.923. The van der Waals surface area contributed by atoms with E-state index in [9.17, 15) is 0 Å². The fraction of sp³-hybridized carbons (Fsp3) is 0.857. The second kappa shape index (κ2) is 5.00. The largest absolute Gasteiger partial charge is 0.0851 e. The second-order valence-electron chi connectivity index (χ2n) is 5.46. The van der Waals surface area contributed by atoms with Gasteiger partial charge >= 0.3 is 0 Å². The molecule has 0 nitrogen and oxygen atoms in total. The molecule has 2 atom stereocenters. The summed E-state index contributed by atoms with van der Waals surface area (Å²) < 4.78 is 0. The molecule has 0 aromatic carbocycles. The van der Waals surface area contributed by atoms with Crippen molar-refractivity contribution in [1.82, 2.24) is 0 Å². The molecule has 0 aromatic heterocycles. The molecule has 0 spiro atoms. The van der Waals surface area contributed by atoms with E-state index in [0.717, 1.165) is 17.8 Å². The predicted octanol–water partition coefficient (Wildman–Crippen LogP) is 4.56. The minimum atomic E-state index is 0.923. The lowest BCUT2D eigenvalue weighted by Gasteiger charge is -2.18. The molecule has 80 valence electrons. The van der Waals surface area contributed by atoms with Gasteiger partial charge in [-0.25, -0.2) is 0 Å². The van der Waals surface area contributed by atoms with Gasteiger partial charge in [0.2, 0.25) is 0 Å². The van der Waals surface area contributed by atoms with Gasteiger partial charge in [-0.15, -0.1) is 0 Å². The van der Waals surface area contributed by atoms with Crippen LogP contribution in [0.15, 0.2) is 12.2 Å². The summed E-state index contributed by atoms with van der Waals surface area (Å²) in [7, 11) is 0. The van der Waals surface area contributed by atoms with Gasteiger partial charge in [0.1, 0.15) is 0 Å². The zero-order valence-corrected chi connectivity index (χ0v) is 9.54. The smallest absolute Gasteiger partial charge is 0.0231 e. The highest BCUT2D eigenvalue weighted by Crippen LogP contribution is 2.32. The summed E-state index contributed by atoms with van der Waals surface area (Å²) in [4.78, 5) is 0. The molecule has 0 saturated heterocycles. The van der Waals surface area contributed by atoms with Gasteiger partial charge in [-0.1, -0.05) is 44.8 Å². The van der Waals surface area contributed by atoms with E-state index in [2.05, 4.69) is 19.1 Å². The third-order valence-electron chi connectivity index (χ3n) is 4.04. The van der Waals surface area contributed by atoms with E-state index in [1.54, 1.807) is 0 Å². The summed E-state index contributed by atoms with van der Waals surface area (Å²) in [6, 6.07) is 0. The van der Waals surface area contributed by atoms with Crippen LogP contribution in [0.3, 0.4) is 0 Å². The van der Waals surface area contributed by atoms with Crippen LogP contribution in [-0.2, 0) is 0 Å². The van der Waals surface area contributed by atoms with E-state index in [0.29, 0.717) is 0 Å². The Labute approximate surface area is 88.8 Å². The molecular weight excluding hydrogens is 168 g/mol. The van der Waals surface area contributed by atoms with Crippen LogP contribution >= 0.6 is 0 Å². The summed E-state index contributed by atoms with van der Waals surface area (Å²) in [5.41, 5.74) is 0. The van der Waals surface area contributed by atoms with Gasteiger partial charge in [0.25, 0.3) is 0 Å². The molecule has 0 amide bonds. The predicted molar refractivity (Wildman–Crippen MR) is 62.2 cm³/mol. The topological polar surface area (TPSA) is 0 Å². The summed E-state index contributed by atoms with van der Waals surface area (Å²) >= 11 is 0. The van der Waals surface area contributed by atoms with Crippen molar-refractivity contribution in [2.75, 3.05) is 0 Å². The molecule has 2 rings (SSSR count). The van der Waals surface area contributed by atoms with Crippen LogP contribution in [0.25, 0.3) is 0 Å². The third-order valence-corrected chi connectivity index (χ3v) is 4.04. The van der Waals surface area contributed by atoms with Crippen molar-refractivity contribution in [1.29, 1.82) is 0 Å². The highest BCUT2D eigenvalue weighted by atomic mass is 14.2. The highest BCUT2D eigenvalue weighted by molar-refractivity contribution is 4.96. The quantitative estimate of drug-likeness (QED) is 0.563. The molecule has 0 aliphatic heterocycles. The lowest BCUT2D eigenvalue weighted by Crippen LogP contribution is -2.03. The van der Waals surface area contributed by atoms with E-state index in [4.69, 9.17) is 0 Å². The normalized spacial score (nSPS) is 35.5. The van der Waals surface area contributed by atoms with Crippen LogP contribution in [0.2, 0.25) is 0 Å². The van der Waals surface area contributed by atoms with Crippen molar-refractivity contribution < 1.29 is 0 Å². The molecule has 14 heavy (non-hydrogen) atoms. The first kappa shape index (κ1) is 10.3. The summed E-state index contributed by atoms with van der Waals surface area (Å²) in [6.07, 6.45) is 16.8. The lowest BCUT2D eigenvalue weighted by molar-refractivity contribution is 0.417. The Morgan fingerprint density at radius 1 is 0.786 bits per heavy atom. The van der Waals surface area contributed by atoms with Gasteiger partial charge < -0.3 is 0 Å². The first-order valence-corrected chi connectivity index (χ1v) is 6.53. The first-order chi connectivity index (χ1) is 6.84. The minimum Gasteiger partial charge on any atom is -0.0851 e. The van der Waals surface area contributed by atoms with E-state index >= 15 is 0 Å². The maximum atomic E-state index is 2.54. The average Bonchev–Trinajstić information content (AvgIpc) is 2.63. The van der Waals surface area contributed by atoms with Crippen LogP contribution in [0.4, 0.5) is 0 Å². The molecule has 0 radical (unpaired) electrons. The van der Waals surface area contributed by atoms with Gasteiger partial charge in [-0.2, -0.15) is 0 Å². The monoisotopic (exact) mass is 192 g/mol. The molecule has 2 fully saturated rings. The Hall–Kier alpha value is -0.260. The van der Waals surface area contributed by atoms with Crippen LogP contribution in [0.1, 0.15) is 58.3 Å². The van der Waals surface area contributed by atoms with Gasteiger partial charge in [0, 0.05) is 0 Å². The van der Waals surface area contributed by atoms with Crippen molar-refractivity contribution in [2.45, 2.75) is 58.3 Å². The van der Waals surface area contributed by atoms with Crippen molar-refractivity contribution >= 4 is 0 Å². The Kier molecular flexibility index (Phi) is 3.67. The molecular formula is C14H24. The zero-order chi connectivity index (χ0) is 9.80. The average molecular weight is 192 g/mol. The Morgan fingerprint density at radius 3 is 2.14 bits per heavy atom. The van der Waals surface area contributed by atoms with Gasteiger partial charge in [-0.3, -0.25) is 0 Å². The fourth-order valence-electron chi connectivity index (χ4n) is 3.07. The lowest BCUT2D eigenvalue weighted by atomic mass is 9.88. The summed E-state index contributed by atoms with van der Waals surface area (Å²) in [6.45, 7) is 2.40. The van der Waals surface area contributed by atoms with E-state index in [-0.39, 0.29) is 0 Å². The van der Waals surface area contributed by atoms with E-state index < -0.39 is 0 Å². The van der Waals surface area contributed by atoms with E-state index in [1.807, 2.05) is 0 Å². The number of allylic oxidation sites excluding steroid dienone is 2. The Bertz CT molecular complexity index is 179. The molecule has 0 heteroatoms. The van der Waals surface area contributed by atoms with Crippen LogP contribution in [0, 0.1) is 17.8 Å². The maximum Gasteiger partial charge on any atom is -0.0231 e. The SMILES string of the molecule is CC1CCC(/C=C/C2CCCCC2)C1. The van der Waals surface area contributed by atoms with Crippen LogP contribution < -0.4 is 0 Å². The van der Waals surface area contributed by atoms with Crippen LogP contribution in [-0.4, -0.2) is 0 Å². The zero-order valence-electron chi connectivity index (χ0n) is 9.54. The third kappa shape index (κ3) is 2.87. The fourth-order valence-corrected chi connectivity index (χ4v) is 3.07. The molecule has 2 unspecified atom stereocenters. The van der Waals surface area contributed by atoms with Crippen LogP contribution in [0.5, 0.6) is 0 Å². The summed E-state index contributed by atoms with van der Waals surface area (Å²) in [5, 5.41) is 0. The molecule has 0 N–H and O–H groups in total. The van der Waals surface area contributed by atoms with Gasteiger partial charge in [0.05, 0.1) is 0 Å². The highest BCUT2D eigenvalue weighted by Gasteiger charge is 2.19. The Balaban J connectivity index is 1.75. The van der Waals surface area contributed by atoms with Gasteiger partial charge in [0.15, 0.2) is 0 Å². The van der Waals surface area contributed by atoms with E-state index in [1.165, 1.54) is 51.4 Å². The molecule has 2 aliphatic carbocycles. The number of hydrogen-bond acceptors (Lipinski definition) is 0. The van der Waals surface area contributed by atoms with Crippen molar-refractivity contribution in [3.05, 3.63) is 12.2 Å². The molecule has 2 saturated carbocycles. The molecule has 0 aromatic rings. The molecule has 0 bridgehead atoms.